The Kier molecular flexibility index (Phi) is 6.45. The van der Waals surface area contributed by atoms with Crippen molar-refractivity contribution in [3.8, 4) is 6.07 Å². The molecule has 38 heavy (non-hydrogen) atoms. The van der Waals surface area contributed by atoms with Crippen molar-refractivity contribution in [3.63, 3.8) is 0 Å². The Balaban J connectivity index is 1.34. The van der Waals surface area contributed by atoms with Gasteiger partial charge in [-0.3, -0.25) is 4.79 Å². The van der Waals surface area contributed by atoms with Crippen LogP contribution < -0.4 is 15.5 Å². The molecule has 0 bridgehead atoms. The number of rotatable bonds is 6. The Morgan fingerprint density at radius 3 is 2.66 bits per heavy atom. The van der Waals surface area contributed by atoms with Crippen molar-refractivity contribution in [2.75, 3.05) is 41.7 Å². The number of aliphatic hydroxyl groups is 1. The van der Waals surface area contributed by atoms with Gasteiger partial charge in [0.1, 0.15) is 29.7 Å². The number of aliphatic hydroxyl groups excluding tert-OH is 1. The fraction of sp³-hybridized carbons (Fsp3) is 0.500. The van der Waals surface area contributed by atoms with Gasteiger partial charge in [-0.15, -0.1) is 5.10 Å². The lowest BCUT2D eigenvalue weighted by atomic mass is 9.92. The van der Waals surface area contributed by atoms with Crippen molar-refractivity contribution in [1.82, 2.24) is 24.5 Å². The zero-order valence-electron chi connectivity index (χ0n) is 21.0. The molecule has 11 nitrogen and oxygen atoms in total. The number of pyridine rings is 1. The van der Waals surface area contributed by atoms with Gasteiger partial charge in [0.2, 0.25) is 0 Å². The van der Waals surface area contributed by atoms with Crippen LogP contribution in [0, 0.1) is 11.3 Å². The molecule has 3 aromatic heterocycles. The number of alkyl halides is 1. The van der Waals surface area contributed by atoms with Gasteiger partial charge in [0.15, 0.2) is 11.3 Å². The molecule has 0 spiro atoms. The summed E-state index contributed by atoms with van der Waals surface area (Å²) >= 11 is 0. The normalized spacial score (nSPS) is 21.8. The van der Waals surface area contributed by atoms with Crippen LogP contribution in [0.2, 0.25) is 0 Å². The van der Waals surface area contributed by atoms with Crippen molar-refractivity contribution in [2.24, 2.45) is 0 Å². The zero-order valence-corrected chi connectivity index (χ0v) is 21.0. The average Bonchev–Trinajstić information content (AvgIpc) is 3.58. The molecule has 0 unspecified atom stereocenters. The van der Waals surface area contributed by atoms with E-state index in [4.69, 9.17) is 4.98 Å². The number of fused-ring (bicyclic) bond motifs is 1. The van der Waals surface area contributed by atoms with Gasteiger partial charge in [0, 0.05) is 19.2 Å². The van der Waals surface area contributed by atoms with Crippen LogP contribution in [0.15, 0.2) is 24.4 Å². The van der Waals surface area contributed by atoms with E-state index < -0.39 is 12.3 Å². The highest BCUT2D eigenvalue weighted by molar-refractivity contribution is 5.99. The molecule has 1 aliphatic carbocycles. The number of nitriles is 1. The Morgan fingerprint density at radius 2 is 1.92 bits per heavy atom. The van der Waals surface area contributed by atoms with Crippen LogP contribution in [-0.4, -0.2) is 80.0 Å². The summed E-state index contributed by atoms with van der Waals surface area (Å²) in [6, 6.07) is 7.20. The second kappa shape index (κ2) is 10.1. The number of imidazole rings is 1. The Hall–Kier alpha value is -3.98. The lowest BCUT2D eigenvalue weighted by Crippen LogP contribution is -2.49. The van der Waals surface area contributed by atoms with E-state index in [1.165, 1.54) is 10.7 Å². The van der Waals surface area contributed by atoms with E-state index in [0.29, 0.717) is 47.4 Å². The van der Waals surface area contributed by atoms with Crippen molar-refractivity contribution in [2.45, 2.75) is 56.8 Å². The molecule has 3 aromatic rings. The first kappa shape index (κ1) is 24.4. The quantitative estimate of drug-likeness (QED) is 0.449. The Bertz CT molecular complexity index is 1390. The molecule has 6 rings (SSSR count). The number of halogens is 1. The van der Waals surface area contributed by atoms with Gasteiger partial charge in [-0.2, -0.15) is 9.78 Å². The number of hydrogen-bond acceptors (Lipinski definition) is 9. The number of carbonyl (C=O) groups is 1. The molecule has 3 N–H and O–H groups in total. The second-order valence-electron chi connectivity index (χ2n) is 10.2. The summed E-state index contributed by atoms with van der Waals surface area (Å²) < 4.78 is 15.2. The minimum Gasteiger partial charge on any atom is -0.391 e. The molecule has 2 atom stereocenters. The summed E-state index contributed by atoms with van der Waals surface area (Å²) in [5.41, 5.74) is 1.72. The van der Waals surface area contributed by atoms with Crippen LogP contribution in [0.4, 0.5) is 27.5 Å². The second-order valence-corrected chi connectivity index (χ2v) is 10.2. The van der Waals surface area contributed by atoms with Crippen LogP contribution in [0.5, 0.6) is 0 Å². The van der Waals surface area contributed by atoms with E-state index in [1.807, 2.05) is 4.90 Å². The number of amides is 1. The molecule has 5 heterocycles. The van der Waals surface area contributed by atoms with Gasteiger partial charge >= 0.3 is 0 Å². The van der Waals surface area contributed by atoms with Crippen LogP contribution in [0.3, 0.4) is 0 Å². The molecule has 1 amide bonds. The Morgan fingerprint density at radius 1 is 1.13 bits per heavy atom. The van der Waals surface area contributed by atoms with E-state index in [-0.39, 0.29) is 30.7 Å². The third-order valence-corrected chi connectivity index (χ3v) is 7.54. The maximum Gasteiger partial charge on any atom is 0.257 e. The third-order valence-electron chi connectivity index (χ3n) is 7.54. The van der Waals surface area contributed by atoms with Crippen LogP contribution in [-0.2, 0) is 0 Å². The number of hydrogen-bond donors (Lipinski definition) is 3. The summed E-state index contributed by atoms with van der Waals surface area (Å²) in [4.78, 5) is 25.9. The standard InChI is InChI=1S/C26H30FN9O2/c27-16-14-35(15-16)24-18(26(38)34-9-3-4-10-34)7-8-22(32-24)31-20-11-23(30-19-5-1-2-6-21(19)37)33-36-17(12-28)13-29-25(20)36/h7-8,11,13,16,19,21,37H,1-6,9-10,14-15H2,(H,30,33)(H,31,32)/t19-,21-/m0/s1. The van der Waals surface area contributed by atoms with E-state index in [1.54, 1.807) is 23.1 Å². The average molecular weight is 520 g/mol. The lowest BCUT2D eigenvalue weighted by molar-refractivity contribution is 0.0792. The molecule has 12 heteroatoms. The van der Waals surface area contributed by atoms with Crippen molar-refractivity contribution in [3.05, 3.63) is 35.7 Å². The number of likely N-dealkylation sites (tertiary alicyclic amines) is 1. The van der Waals surface area contributed by atoms with E-state index in [0.717, 1.165) is 38.5 Å². The van der Waals surface area contributed by atoms with Crippen LogP contribution >= 0.6 is 0 Å². The largest absolute Gasteiger partial charge is 0.391 e. The maximum absolute atomic E-state index is 13.8. The number of nitrogens with zero attached hydrogens (tertiary/aromatic N) is 7. The summed E-state index contributed by atoms with van der Waals surface area (Å²) in [6.45, 7) is 1.82. The molecule has 0 radical (unpaired) electrons. The van der Waals surface area contributed by atoms with E-state index in [9.17, 15) is 19.6 Å². The number of nitrogens with one attached hydrogen (secondary N) is 2. The molecule has 198 valence electrons. The minimum absolute atomic E-state index is 0.0883. The summed E-state index contributed by atoms with van der Waals surface area (Å²) in [7, 11) is 0. The van der Waals surface area contributed by atoms with Gasteiger partial charge in [-0.05, 0) is 37.8 Å². The SMILES string of the molecule is N#Cc1cnc2c(Nc3ccc(C(=O)N4CCCC4)c(N4CC(F)C4)n3)cc(N[C@H]3CCCC[C@@H]3O)nn12. The highest BCUT2D eigenvalue weighted by Crippen LogP contribution is 2.31. The molecular weight excluding hydrogens is 489 g/mol. The fourth-order valence-electron chi connectivity index (χ4n) is 5.43. The first-order valence-electron chi connectivity index (χ1n) is 13.2. The van der Waals surface area contributed by atoms with Gasteiger partial charge < -0.3 is 25.5 Å². The third kappa shape index (κ3) is 4.58. The first-order valence-corrected chi connectivity index (χ1v) is 13.2. The summed E-state index contributed by atoms with van der Waals surface area (Å²) in [5, 5.41) is 31.1. The summed E-state index contributed by atoms with van der Waals surface area (Å²) in [5.74, 6) is 1.31. The Labute approximate surface area is 219 Å². The summed E-state index contributed by atoms with van der Waals surface area (Å²) in [6.07, 6.45) is 5.54. The minimum atomic E-state index is -0.943. The maximum atomic E-state index is 13.8. The fourth-order valence-corrected chi connectivity index (χ4v) is 5.43. The topological polar surface area (TPSA) is 135 Å². The van der Waals surface area contributed by atoms with Crippen LogP contribution in [0.1, 0.15) is 54.6 Å². The van der Waals surface area contributed by atoms with Crippen molar-refractivity contribution >= 4 is 34.7 Å². The molecular formula is C26H30FN9O2. The lowest BCUT2D eigenvalue weighted by Gasteiger charge is -2.36. The highest BCUT2D eigenvalue weighted by atomic mass is 19.1. The van der Waals surface area contributed by atoms with E-state index >= 15 is 0 Å². The van der Waals surface area contributed by atoms with Gasteiger partial charge in [-0.1, -0.05) is 12.8 Å². The monoisotopic (exact) mass is 519 g/mol. The number of carbonyl (C=O) groups excluding carboxylic acids is 1. The predicted octanol–water partition coefficient (Wildman–Crippen LogP) is 2.85. The first-order chi connectivity index (χ1) is 18.5. The van der Waals surface area contributed by atoms with Crippen molar-refractivity contribution in [1.29, 1.82) is 5.26 Å². The number of aromatic nitrogens is 4. The van der Waals surface area contributed by atoms with Crippen molar-refractivity contribution < 1.29 is 14.3 Å². The predicted molar refractivity (Wildman–Crippen MR) is 139 cm³/mol. The number of anilines is 4. The smallest absolute Gasteiger partial charge is 0.257 e. The molecule has 1 saturated carbocycles. The van der Waals surface area contributed by atoms with Crippen LogP contribution in [0.25, 0.3) is 5.65 Å². The van der Waals surface area contributed by atoms with Gasteiger partial charge in [0.25, 0.3) is 5.91 Å². The molecule has 2 aliphatic heterocycles. The molecule has 3 fully saturated rings. The van der Waals surface area contributed by atoms with Gasteiger partial charge in [0.05, 0.1) is 42.7 Å². The molecule has 2 saturated heterocycles. The van der Waals surface area contributed by atoms with E-state index in [2.05, 4.69) is 26.8 Å². The van der Waals surface area contributed by atoms with Gasteiger partial charge in [-0.25, -0.2) is 14.4 Å². The highest BCUT2D eigenvalue weighted by Gasteiger charge is 2.32. The molecule has 3 aliphatic rings. The molecule has 0 aromatic carbocycles. The zero-order chi connectivity index (χ0) is 26.2.